The first-order chi connectivity index (χ1) is 13.9. The molecule has 0 aromatic heterocycles. The molecule has 0 heterocycles. The lowest BCUT2D eigenvalue weighted by atomic mass is 9.48. The van der Waals surface area contributed by atoms with Crippen LogP contribution in [0.25, 0.3) is 0 Å². The summed E-state index contributed by atoms with van der Waals surface area (Å²) in [5.41, 5.74) is 0.651. The Morgan fingerprint density at radius 3 is 2.03 bits per heavy atom. The van der Waals surface area contributed by atoms with Crippen molar-refractivity contribution in [1.29, 1.82) is 0 Å². The highest BCUT2D eigenvalue weighted by Gasteiger charge is 2.54. The number of rotatable bonds is 8. The van der Waals surface area contributed by atoms with Crippen LogP contribution in [0.1, 0.15) is 140 Å². The molecule has 0 saturated heterocycles. The molecule has 0 aromatic carbocycles. The van der Waals surface area contributed by atoms with E-state index in [0.29, 0.717) is 5.41 Å². The summed E-state index contributed by atoms with van der Waals surface area (Å²) in [6.07, 6.45) is 18.1. The second-order valence-electron chi connectivity index (χ2n) is 11.7. The molecule has 3 saturated carbocycles. The van der Waals surface area contributed by atoms with Gasteiger partial charge in [0.25, 0.3) is 0 Å². The Morgan fingerprint density at radius 1 is 0.800 bits per heavy atom. The van der Waals surface area contributed by atoms with Crippen molar-refractivity contribution in [2.75, 3.05) is 0 Å². The van der Waals surface area contributed by atoms with Crippen molar-refractivity contribution in [1.82, 2.24) is 0 Å². The minimum Gasteiger partial charge on any atom is -0.0776 e. The molecular formula is C30H60. The van der Waals surface area contributed by atoms with Gasteiger partial charge in [0.2, 0.25) is 0 Å². The monoisotopic (exact) mass is 420 g/mol. The van der Waals surface area contributed by atoms with Crippen molar-refractivity contribution in [3.8, 4) is 0 Å². The first kappa shape index (κ1) is 28.0. The summed E-state index contributed by atoms with van der Waals surface area (Å²) in [6, 6.07) is 0. The molecule has 0 aromatic rings. The molecule has 8 unspecified atom stereocenters. The Bertz CT molecular complexity index is 451. The van der Waals surface area contributed by atoms with Gasteiger partial charge in [0.15, 0.2) is 0 Å². The van der Waals surface area contributed by atoms with E-state index in [-0.39, 0.29) is 7.43 Å². The van der Waals surface area contributed by atoms with Gasteiger partial charge < -0.3 is 0 Å². The molecule has 0 N–H and O–H groups in total. The average molecular weight is 421 g/mol. The number of hydrogen-bond donors (Lipinski definition) is 0. The molecule has 30 heavy (non-hydrogen) atoms. The predicted octanol–water partition coefficient (Wildman–Crippen LogP) is 10.4. The highest BCUT2D eigenvalue weighted by molar-refractivity contribution is 5.04. The van der Waals surface area contributed by atoms with Gasteiger partial charge in [-0.25, -0.2) is 0 Å². The van der Waals surface area contributed by atoms with Gasteiger partial charge in [0.05, 0.1) is 0 Å². The number of fused-ring (bicyclic) bond motifs is 3. The van der Waals surface area contributed by atoms with E-state index in [9.17, 15) is 0 Å². The summed E-state index contributed by atoms with van der Waals surface area (Å²) in [4.78, 5) is 0. The topological polar surface area (TPSA) is 0 Å². The molecule has 3 rings (SSSR count). The SMILES string of the molecule is C.CC.CCCC1(C)C(CC)CCC2C3CCC(C(C)CCCC(C)C)C3CCC21. The summed E-state index contributed by atoms with van der Waals surface area (Å²) in [6.45, 7) is 19.0. The van der Waals surface area contributed by atoms with Crippen LogP contribution in [0, 0.1) is 52.8 Å². The zero-order valence-electron chi connectivity index (χ0n) is 21.6. The molecule has 0 radical (unpaired) electrons. The Kier molecular flexibility index (Phi) is 12.0. The van der Waals surface area contributed by atoms with Gasteiger partial charge in [0, 0.05) is 0 Å². The summed E-state index contributed by atoms with van der Waals surface area (Å²) in [7, 11) is 0. The van der Waals surface area contributed by atoms with Crippen LogP contribution in [0.15, 0.2) is 0 Å². The van der Waals surface area contributed by atoms with Gasteiger partial charge in [-0.2, -0.15) is 0 Å². The molecule has 0 bridgehead atoms. The van der Waals surface area contributed by atoms with Gasteiger partial charge in [-0.3, -0.25) is 0 Å². The Balaban J connectivity index is 0.00000146. The van der Waals surface area contributed by atoms with E-state index >= 15 is 0 Å². The third-order valence-electron chi connectivity index (χ3n) is 9.89. The van der Waals surface area contributed by atoms with Gasteiger partial charge >= 0.3 is 0 Å². The van der Waals surface area contributed by atoms with Crippen LogP contribution in [-0.4, -0.2) is 0 Å². The summed E-state index contributed by atoms with van der Waals surface area (Å²) >= 11 is 0. The first-order valence-electron chi connectivity index (χ1n) is 13.9. The quantitative estimate of drug-likeness (QED) is 0.366. The molecule has 0 spiro atoms. The lowest BCUT2D eigenvalue weighted by molar-refractivity contribution is -0.0756. The maximum atomic E-state index is 2.71. The molecule has 8 atom stereocenters. The maximum absolute atomic E-state index is 2.71. The zero-order valence-corrected chi connectivity index (χ0v) is 21.6. The van der Waals surface area contributed by atoms with E-state index < -0.39 is 0 Å². The van der Waals surface area contributed by atoms with Crippen molar-refractivity contribution < 1.29 is 0 Å². The highest BCUT2D eigenvalue weighted by Crippen LogP contribution is 2.63. The second-order valence-corrected chi connectivity index (χ2v) is 11.7. The number of hydrogen-bond acceptors (Lipinski definition) is 0. The standard InChI is InChI=1S/C27H50.C2H6.CH4/c1-7-18-27(6)21(8-2)12-13-25-24-15-14-22(23(24)16-17-26(25)27)20(5)11-9-10-19(3)4;1-2;/h19-26H,7-18H2,1-6H3;1-2H3;1H4. The third kappa shape index (κ3) is 5.86. The molecular weight excluding hydrogens is 360 g/mol. The van der Waals surface area contributed by atoms with E-state index in [1.54, 1.807) is 32.1 Å². The predicted molar refractivity (Wildman–Crippen MR) is 138 cm³/mol. The van der Waals surface area contributed by atoms with E-state index in [1.807, 2.05) is 13.8 Å². The fourth-order valence-electron chi connectivity index (χ4n) is 8.60. The minimum atomic E-state index is 0. The van der Waals surface area contributed by atoms with Gasteiger partial charge in [-0.1, -0.05) is 94.9 Å². The van der Waals surface area contributed by atoms with Crippen LogP contribution in [-0.2, 0) is 0 Å². The third-order valence-corrected chi connectivity index (χ3v) is 9.89. The largest absolute Gasteiger partial charge is 0.0776 e. The molecule has 180 valence electrons. The summed E-state index contributed by atoms with van der Waals surface area (Å²) < 4.78 is 0. The van der Waals surface area contributed by atoms with Crippen molar-refractivity contribution in [3.63, 3.8) is 0 Å². The molecule has 0 aliphatic heterocycles. The molecule has 0 nitrogen and oxygen atoms in total. The molecule has 3 aliphatic rings. The molecule has 3 fully saturated rings. The van der Waals surface area contributed by atoms with Gasteiger partial charge in [0.1, 0.15) is 0 Å². The molecule has 0 amide bonds. The van der Waals surface area contributed by atoms with Crippen LogP contribution in [0.2, 0.25) is 0 Å². The lowest BCUT2D eigenvalue weighted by Crippen LogP contribution is -2.49. The van der Waals surface area contributed by atoms with Crippen molar-refractivity contribution in [3.05, 3.63) is 0 Å². The van der Waals surface area contributed by atoms with Crippen molar-refractivity contribution in [2.45, 2.75) is 140 Å². The van der Waals surface area contributed by atoms with Crippen LogP contribution in [0.5, 0.6) is 0 Å². The van der Waals surface area contributed by atoms with Crippen molar-refractivity contribution >= 4 is 0 Å². The normalized spacial score (nSPS) is 38.7. The minimum absolute atomic E-state index is 0. The molecule has 0 heteroatoms. The van der Waals surface area contributed by atoms with Crippen LogP contribution in [0.3, 0.4) is 0 Å². The lowest BCUT2D eigenvalue weighted by Gasteiger charge is -2.57. The Morgan fingerprint density at radius 2 is 1.43 bits per heavy atom. The molecule has 3 aliphatic carbocycles. The average Bonchev–Trinajstić information content (AvgIpc) is 3.14. The highest BCUT2D eigenvalue weighted by atomic mass is 14.6. The fraction of sp³-hybridized carbons (Fsp3) is 1.00. The van der Waals surface area contributed by atoms with Crippen LogP contribution >= 0.6 is 0 Å². The zero-order chi connectivity index (χ0) is 21.6. The van der Waals surface area contributed by atoms with Crippen LogP contribution < -0.4 is 0 Å². The Labute approximate surface area is 192 Å². The van der Waals surface area contributed by atoms with Crippen LogP contribution in [0.4, 0.5) is 0 Å². The second kappa shape index (κ2) is 12.9. The fourth-order valence-corrected chi connectivity index (χ4v) is 8.60. The summed E-state index contributed by atoms with van der Waals surface area (Å²) in [5, 5.41) is 0. The first-order valence-corrected chi connectivity index (χ1v) is 13.9. The van der Waals surface area contributed by atoms with E-state index in [2.05, 4.69) is 41.5 Å². The van der Waals surface area contributed by atoms with Gasteiger partial charge in [-0.15, -0.1) is 0 Å². The van der Waals surface area contributed by atoms with Crippen molar-refractivity contribution in [2.24, 2.45) is 52.8 Å². The Hall–Kier alpha value is 0. The van der Waals surface area contributed by atoms with E-state index in [1.165, 1.54) is 44.9 Å². The van der Waals surface area contributed by atoms with E-state index in [4.69, 9.17) is 0 Å². The smallest absolute Gasteiger partial charge is 0.0267 e. The summed E-state index contributed by atoms with van der Waals surface area (Å²) in [5.74, 6) is 8.23. The van der Waals surface area contributed by atoms with E-state index in [0.717, 1.165) is 47.3 Å². The van der Waals surface area contributed by atoms with Gasteiger partial charge in [-0.05, 0) is 97.7 Å². The maximum Gasteiger partial charge on any atom is -0.0267 e.